The Morgan fingerprint density at radius 1 is 1.28 bits per heavy atom. The van der Waals surface area contributed by atoms with Crippen LogP contribution in [0.1, 0.15) is 35.7 Å². The number of hydrogen-bond donors (Lipinski definition) is 5. The van der Waals surface area contributed by atoms with E-state index in [1.807, 2.05) is 19.1 Å². The van der Waals surface area contributed by atoms with Gasteiger partial charge in [0.25, 0.3) is 5.91 Å². The average molecular weight is 499 g/mol. The smallest absolute Gasteiger partial charge is 0.255 e. The van der Waals surface area contributed by atoms with Gasteiger partial charge in [0.1, 0.15) is 11.8 Å². The maximum absolute atomic E-state index is 13.0. The van der Waals surface area contributed by atoms with E-state index in [1.165, 1.54) is 0 Å². The Labute approximate surface area is 207 Å². The number of ether oxygens (including phenoxy) is 1. The van der Waals surface area contributed by atoms with Crippen LogP contribution >= 0.6 is 0 Å². The Morgan fingerprint density at radius 3 is 2.75 bits per heavy atom. The number of rotatable bonds is 7. The van der Waals surface area contributed by atoms with Crippen LogP contribution in [0.3, 0.4) is 0 Å². The molecule has 1 fully saturated rings. The van der Waals surface area contributed by atoms with Crippen LogP contribution in [0, 0.1) is 0 Å². The van der Waals surface area contributed by atoms with Crippen molar-refractivity contribution in [2.24, 2.45) is 21.5 Å². The fourth-order valence-corrected chi connectivity index (χ4v) is 5.37. The predicted octanol–water partition coefficient (Wildman–Crippen LogP) is -2.14. The minimum Gasteiger partial charge on any atom is -0.492 e. The minimum atomic E-state index is -1.25. The molecule has 7 N–H and O–H groups in total. The molecule has 4 heterocycles. The molecule has 1 aromatic carbocycles. The van der Waals surface area contributed by atoms with Gasteiger partial charge >= 0.3 is 0 Å². The molecule has 0 saturated carbocycles. The molecule has 4 unspecified atom stereocenters. The number of nitrogens with two attached hydrogens (primary N) is 2. The normalized spacial score (nSPS) is 27.6. The van der Waals surface area contributed by atoms with E-state index in [4.69, 9.17) is 16.2 Å². The number of nitrogens with zero attached hydrogens (tertiary/aromatic N) is 4. The van der Waals surface area contributed by atoms with E-state index in [9.17, 15) is 19.5 Å². The summed E-state index contributed by atoms with van der Waals surface area (Å²) in [6.07, 6.45) is 1.07. The summed E-state index contributed by atoms with van der Waals surface area (Å²) in [6.45, 7) is 2.08. The van der Waals surface area contributed by atoms with E-state index < -0.39 is 30.4 Å². The Kier molecular flexibility index (Phi) is 5.94. The number of fused-ring (bicyclic) bond motifs is 2. The summed E-state index contributed by atoms with van der Waals surface area (Å²) in [7, 11) is 0. The number of guanidine groups is 2. The first-order valence-corrected chi connectivity index (χ1v) is 12.0. The van der Waals surface area contributed by atoms with Crippen molar-refractivity contribution in [1.29, 1.82) is 0 Å². The van der Waals surface area contributed by atoms with Gasteiger partial charge in [0.2, 0.25) is 11.8 Å². The fraction of sp³-hybridized carbons (Fsp3) is 0.522. The van der Waals surface area contributed by atoms with Gasteiger partial charge in [-0.15, -0.1) is 0 Å². The summed E-state index contributed by atoms with van der Waals surface area (Å²) in [5.41, 5.74) is 12.6. The number of aliphatic hydroxyl groups is 1. The second-order valence-electron chi connectivity index (χ2n) is 9.50. The zero-order valence-corrected chi connectivity index (χ0v) is 19.9. The molecule has 0 radical (unpaired) electrons. The molecule has 0 bridgehead atoms. The number of carbonyl (C=O) groups is 3. The molecule has 13 nitrogen and oxygen atoms in total. The first kappa shape index (κ1) is 23.9. The first-order chi connectivity index (χ1) is 17.2. The lowest BCUT2D eigenvalue weighted by molar-refractivity contribution is -0.138. The quantitative estimate of drug-likeness (QED) is 0.261. The fourth-order valence-electron chi connectivity index (χ4n) is 5.37. The molecule has 192 valence electrons. The van der Waals surface area contributed by atoms with E-state index in [-0.39, 0.29) is 55.6 Å². The molecule has 13 heteroatoms. The Morgan fingerprint density at radius 2 is 2.03 bits per heavy atom. The van der Waals surface area contributed by atoms with Crippen molar-refractivity contribution in [1.82, 2.24) is 20.4 Å². The summed E-state index contributed by atoms with van der Waals surface area (Å²) in [5, 5.41) is 16.5. The summed E-state index contributed by atoms with van der Waals surface area (Å²) in [5.74, 6) is -0.0838. The molecular formula is C23H30N8O5. The van der Waals surface area contributed by atoms with Crippen molar-refractivity contribution in [3.63, 3.8) is 0 Å². The molecule has 1 saturated heterocycles. The molecular weight excluding hydrogens is 468 g/mol. The molecule has 0 aromatic heterocycles. The molecule has 4 aliphatic heterocycles. The summed E-state index contributed by atoms with van der Waals surface area (Å²) < 4.78 is 5.65. The summed E-state index contributed by atoms with van der Waals surface area (Å²) >= 11 is 0. The zero-order valence-electron chi connectivity index (χ0n) is 19.9. The number of imide groups is 1. The standard InChI is InChI=1S/C23H30N8O5/c1-12(26-20(35)14-4-2-3-13-7-8-36-18(13)14)9-31-22(25)27-15(10-30-16(33)5-6-17(30)34)19-23(31,11-32)29-21(24)28-19/h2-4,12,15,19,32H,5-11H2,1H3,(H2,25,27)(H,26,35)(H3,24,28,29). The lowest BCUT2D eigenvalue weighted by Gasteiger charge is -2.49. The highest BCUT2D eigenvalue weighted by molar-refractivity contribution is 6.02. The Bertz CT molecular complexity index is 1150. The highest BCUT2D eigenvalue weighted by Gasteiger charge is 2.56. The molecule has 3 amide bonds. The topological polar surface area (TPSA) is 188 Å². The van der Waals surface area contributed by atoms with Gasteiger partial charge in [0.05, 0.1) is 31.4 Å². The number of likely N-dealkylation sites (tertiary alicyclic amines) is 1. The molecule has 4 atom stereocenters. The second kappa shape index (κ2) is 8.97. The zero-order chi connectivity index (χ0) is 25.6. The molecule has 1 aromatic rings. The van der Waals surface area contributed by atoms with E-state index in [0.29, 0.717) is 17.9 Å². The number of para-hydroxylation sites is 1. The number of benzene rings is 1. The van der Waals surface area contributed by atoms with Gasteiger partial charge < -0.3 is 36.8 Å². The maximum atomic E-state index is 13.0. The van der Waals surface area contributed by atoms with Crippen LogP contribution < -0.4 is 26.8 Å². The van der Waals surface area contributed by atoms with Crippen LogP contribution in [-0.2, 0) is 16.0 Å². The lowest BCUT2D eigenvalue weighted by Crippen LogP contribution is -2.74. The predicted molar refractivity (Wildman–Crippen MR) is 129 cm³/mol. The SMILES string of the molecule is CC(CN1C(N)=NC(CN2C(=O)CCC2=O)C2N=C(N)NC21CO)NC(=O)c1cccc2c1OCC2. The molecule has 36 heavy (non-hydrogen) atoms. The van der Waals surface area contributed by atoms with Gasteiger partial charge in [-0.05, 0) is 18.6 Å². The van der Waals surface area contributed by atoms with Gasteiger partial charge in [0, 0.05) is 31.8 Å². The van der Waals surface area contributed by atoms with Crippen molar-refractivity contribution in [3.05, 3.63) is 29.3 Å². The van der Waals surface area contributed by atoms with Crippen LogP contribution in [-0.4, -0.2) is 94.6 Å². The number of aliphatic hydroxyl groups excluding tert-OH is 1. The first-order valence-electron chi connectivity index (χ1n) is 12.0. The Balaban J connectivity index is 1.36. The Hall–Kier alpha value is -3.87. The van der Waals surface area contributed by atoms with E-state index in [2.05, 4.69) is 20.6 Å². The highest BCUT2D eigenvalue weighted by Crippen LogP contribution is 2.33. The van der Waals surface area contributed by atoms with Crippen LogP contribution in [0.5, 0.6) is 5.75 Å². The van der Waals surface area contributed by atoms with Crippen LogP contribution in [0.25, 0.3) is 0 Å². The number of nitrogens with one attached hydrogen (secondary N) is 2. The number of amides is 3. The molecule has 4 aliphatic rings. The third-order valence-electron chi connectivity index (χ3n) is 7.09. The lowest BCUT2D eigenvalue weighted by atomic mass is 9.91. The molecule has 0 aliphatic carbocycles. The van der Waals surface area contributed by atoms with E-state index in [0.717, 1.165) is 16.9 Å². The van der Waals surface area contributed by atoms with E-state index in [1.54, 1.807) is 11.0 Å². The maximum Gasteiger partial charge on any atom is 0.255 e. The van der Waals surface area contributed by atoms with Crippen molar-refractivity contribution in [2.45, 2.75) is 50.0 Å². The van der Waals surface area contributed by atoms with Gasteiger partial charge in [-0.3, -0.25) is 19.3 Å². The number of hydrogen-bond acceptors (Lipinski definition) is 11. The highest BCUT2D eigenvalue weighted by atomic mass is 16.5. The van der Waals surface area contributed by atoms with Gasteiger partial charge in [-0.2, -0.15) is 0 Å². The van der Waals surface area contributed by atoms with Crippen molar-refractivity contribution in [3.8, 4) is 5.75 Å². The van der Waals surface area contributed by atoms with Crippen molar-refractivity contribution in [2.75, 3.05) is 26.3 Å². The van der Waals surface area contributed by atoms with Gasteiger partial charge in [-0.1, -0.05) is 12.1 Å². The monoisotopic (exact) mass is 498 g/mol. The van der Waals surface area contributed by atoms with Gasteiger partial charge in [-0.25, -0.2) is 9.98 Å². The van der Waals surface area contributed by atoms with Crippen LogP contribution in [0.15, 0.2) is 28.2 Å². The summed E-state index contributed by atoms with van der Waals surface area (Å²) in [6, 6.07) is 3.65. The van der Waals surface area contributed by atoms with E-state index >= 15 is 0 Å². The third kappa shape index (κ3) is 3.88. The summed E-state index contributed by atoms with van der Waals surface area (Å²) in [4.78, 5) is 49.1. The van der Waals surface area contributed by atoms with Crippen molar-refractivity contribution < 1.29 is 24.2 Å². The van der Waals surface area contributed by atoms with Crippen molar-refractivity contribution >= 4 is 29.6 Å². The minimum absolute atomic E-state index is 0.0114. The van der Waals surface area contributed by atoms with Crippen LogP contribution in [0.4, 0.5) is 0 Å². The third-order valence-corrected chi connectivity index (χ3v) is 7.09. The number of carbonyl (C=O) groups excluding carboxylic acids is 3. The average Bonchev–Trinajstić information content (AvgIpc) is 3.54. The molecule has 5 rings (SSSR count). The number of aliphatic imine (C=N–C) groups is 2. The largest absolute Gasteiger partial charge is 0.492 e. The van der Waals surface area contributed by atoms with Gasteiger partial charge in [0.15, 0.2) is 17.6 Å². The molecule has 0 spiro atoms. The van der Waals surface area contributed by atoms with Crippen LogP contribution in [0.2, 0.25) is 0 Å². The second-order valence-corrected chi connectivity index (χ2v) is 9.50.